The molecule has 2 aromatic rings. The maximum absolute atomic E-state index is 5.53. The van der Waals surface area contributed by atoms with Crippen LogP contribution in [-0.2, 0) is 11.2 Å². The first-order valence-corrected chi connectivity index (χ1v) is 6.35. The molecule has 1 unspecified atom stereocenters. The van der Waals surface area contributed by atoms with E-state index in [-0.39, 0.29) is 6.23 Å². The van der Waals surface area contributed by atoms with Crippen LogP contribution >= 0.6 is 0 Å². The van der Waals surface area contributed by atoms with E-state index >= 15 is 0 Å². The highest BCUT2D eigenvalue weighted by atomic mass is 16.5. The molecule has 2 heterocycles. The minimum atomic E-state index is -0.120. The van der Waals surface area contributed by atoms with E-state index in [4.69, 9.17) is 4.74 Å². The molecule has 0 saturated heterocycles. The number of hydrogen-bond donors (Lipinski definition) is 0. The van der Waals surface area contributed by atoms with Crippen LogP contribution in [0, 0.1) is 0 Å². The summed E-state index contributed by atoms with van der Waals surface area (Å²) < 4.78 is 5.53. The largest absolute Gasteiger partial charge is 0.360 e. The van der Waals surface area contributed by atoms with E-state index in [1.165, 1.54) is 0 Å². The number of methoxy groups -OCH3 is 1. The van der Waals surface area contributed by atoms with Gasteiger partial charge in [0.1, 0.15) is 0 Å². The first-order valence-electron chi connectivity index (χ1n) is 6.35. The lowest BCUT2D eigenvalue weighted by Gasteiger charge is -2.26. The third-order valence-corrected chi connectivity index (χ3v) is 3.01. The summed E-state index contributed by atoms with van der Waals surface area (Å²) in [4.78, 5) is 10.8. The quantitative estimate of drug-likeness (QED) is 0.744. The van der Waals surface area contributed by atoms with Crippen molar-refractivity contribution < 1.29 is 4.74 Å². The Kier molecular flexibility index (Phi) is 5.01. The van der Waals surface area contributed by atoms with Gasteiger partial charge in [-0.05, 0) is 31.3 Å². The molecule has 0 aromatic carbocycles. The second-order valence-corrected chi connectivity index (χ2v) is 4.39. The van der Waals surface area contributed by atoms with Gasteiger partial charge in [-0.3, -0.25) is 14.9 Å². The van der Waals surface area contributed by atoms with Crippen molar-refractivity contribution in [1.29, 1.82) is 0 Å². The highest BCUT2D eigenvalue weighted by molar-refractivity contribution is 5.07. The van der Waals surface area contributed by atoms with Crippen LogP contribution in [0.4, 0.5) is 0 Å². The first kappa shape index (κ1) is 13.6. The molecule has 0 spiro atoms. The number of aromatic nitrogens is 2. The van der Waals surface area contributed by atoms with Crippen LogP contribution in [0.5, 0.6) is 0 Å². The third-order valence-electron chi connectivity index (χ3n) is 3.01. The molecule has 19 heavy (non-hydrogen) atoms. The number of rotatable bonds is 6. The molecule has 0 amide bonds. The smallest absolute Gasteiger partial charge is 0.153 e. The fraction of sp³-hybridized carbons (Fsp3) is 0.333. The van der Waals surface area contributed by atoms with Crippen LogP contribution in [0.25, 0.3) is 0 Å². The van der Waals surface area contributed by atoms with Gasteiger partial charge in [0.15, 0.2) is 6.23 Å². The van der Waals surface area contributed by atoms with Crippen molar-refractivity contribution in [1.82, 2.24) is 14.9 Å². The Hall–Kier alpha value is -1.78. The molecule has 0 aliphatic heterocycles. The fourth-order valence-electron chi connectivity index (χ4n) is 2.00. The van der Waals surface area contributed by atoms with Crippen molar-refractivity contribution in [3.8, 4) is 0 Å². The van der Waals surface area contributed by atoms with Crippen LogP contribution in [-0.4, -0.2) is 35.6 Å². The molecule has 4 nitrogen and oxygen atoms in total. The summed E-state index contributed by atoms with van der Waals surface area (Å²) in [7, 11) is 3.74. The van der Waals surface area contributed by atoms with Crippen molar-refractivity contribution in [2.45, 2.75) is 12.6 Å². The molecule has 2 aromatic heterocycles. The van der Waals surface area contributed by atoms with Crippen LogP contribution < -0.4 is 0 Å². The highest BCUT2D eigenvalue weighted by Gasteiger charge is 2.16. The molecule has 2 rings (SSSR count). The second-order valence-electron chi connectivity index (χ2n) is 4.39. The Labute approximate surface area is 114 Å². The van der Waals surface area contributed by atoms with Crippen LogP contribution in [0.15, 0.2) is 48.8 Å². The SMILES string of the molecule is COC(c1ccccn1)N(C)CCc1ccccn1. The van der Waals surface area contributed by atoms with Crippen molar-refractivity contribution in [2.24, 2.45) is 0 Å². The van der Waals surface area contributed by atoms with E-state index in [1.807, 2.05) is 49.6 Å². The minimum absolute atomic E-state index is 0.120. The summed E-state index contributed by atoms with van der Waals surface area (Å²) in [5.41, 5.74) is 2.01. The molecular formula is C15H19N3O. The van der Waals surface area contributed by atoms with Gasteiger partial charge in [-0.15, -0.1) is 0 Å². The van der Waals surface area contributed by atoms with E-state index in [2.05, 4.69) is 14.9 Å². The van der Waals surface area contributed by atoms with Gasteiger partial charge in [-0.1, -0.05) is 12.1 Å². The average Bonchev–Trinajstić information content (AvgIpc) is 2.48. The van der Waals surface area contributed by atoms with Crippen LogP contribution in [0.3, 0.4) is 0 Å². The molecule has 100 valence electrons. The van der Waals surface area contributed by atoms with Crippen molar-refractivity contribution in [3.63, 3.8) is 0 Å². The number of pyridine rings is 2. The molecule has 0 aliphatic carbocycles. The zero-order chi connectivity index (χ0) is 13.5. The third kappa shape index (κ3) is 3.84. The first-order chi connectivity index (χ1) is 9.31. The molecule has 0 bridgehead atoms. The monoisotopic (exact) mass is 257 g/mol. The van der Waals surface area contributed by atoms with Crippen molar-refractivity contribution in [2.75, 3.05) is 20.7 Å². The molecule has 0 radical (unpaired) electrons. The predicted molar refractivity (Wildman–Crippen MR) is 74.6 cm³/mol. The zero-order valence-corrected chi connectivity index (χ0v) is 11.4. The van der Waals surface area contributed by atoms with Crippen LogP contribution in [0.1, 0.15) is 17.6 Å². The topological polar surface area (TPSA) is 38.2 Å². The summed E-state index contributed by atoms with van der Waals surface area (Å²) in [5.74, 6) is 0. The summed E-state index contributed by atoms with van der Waals surface area (Å²) >= 11 is 0. The van der Waals surface area contributed by atoms with Crippen molar-refractivity contribution >= 4 is 0 Å². The predicted octanol–water partition coefficient (Wildman–Crippen LogP) is 2.30. The molecule has 0 fully saturated rings. The van der Waals surface area contributed by atoms with E-state index in [0.717, 1.165) is 24.4 Å². The molecule has 0 saturated carbocycles. The van der Waals surface area contributed by atoms with Gasteiger partial charge in [0, 0.05) is 38.2 Å². The lowest BCUT2D eigenvalue weighted by atomic mass is 10.2. The molecule has 1 atom stereocenters. The number of likely N-dealkylation sites (N-methyl/N-ethyl adjacent to an activating group) is 1. The van der Waals surface area contributed by atoms with Crippen molar-refractivity contribution in [3.05, 3.63) is 60.2 Å². The maximum atomic E-state index is 5.53. The Morgan fingerprint density at radius 1 is 1.11 bits per heavy atom. The van der Waals surface area contributed by atoms with E-state index < -0.39 is 0 Å². The molecule has 0 aliphatic rings. The van der Waals surface area contributed by atoms with Gasteiger partial charge in [-0.2, -0.15) is 0 Å². The van der Waals surface area contributed by atoms with Gasteiger partial charge < -0.3 is 4.74 Å². The van der Waals surface area contributed by atoms with Gasteiger partial charge in [0.05, 0.1) is 5.69 Å². The van der Waals surface area contributed by atoms with Gasteiger partial charge in [-0.25, -0.2) is 0 Å². The highest BCUT2D eigenvalue weighted by Crippen LogP contribution is 2.17. The molecule has 0 N–H and O–H groups in total. The minimum Gasteiger partial charge on any atom is -0.360 e. The Morgan fingerprint density at radius 2 is 1.84 bits per heavy atom. The maximum Gasteiger partial charge on any atom is 0.153 e. The molecular weight excluding hydrogens is 238 g/mol. The zero-order valence-electron chi connectivity index (χ0n) is 11.4. The Balaban J connectivity index is 1.96. The van der Waals surface area contributed by atoms with Crippen LogP contribution in [0.2, 0.25) is 0 Å². The summed E-state index contributed by atoms with van der Waals surface area (Å²) in [6.07, 6.45) is 4.38. The van der Waals surface area contributed by atoms with E-state index in [9.17, 15) is 0 Å². The lowest BCUT2D eigenvalue weighted by molar-refractivity contribution is -0.0224. The fourth-order valence-corrected chi connectivity index (χ4v) is 2.00. The lowest BCUT2D eigenvalue weighted by Crippen LogP contribution is -2.28. The number of nitrogens with zero attached hydrogens (tertiary/aromatic N) is 3. The second kappa shape index (κ2) is 6.97. The standard InChI is InChI=1S/C15H19N3O/c1-18(12-9-13-7-3-5-10-16-13)15(19-2)14-8-4-6-11-17-14/h3-8,10-11,15H,9,12H2,1-2H3. The van der Waals surface area contributed by atoms with Gasteiger partial charge in [0.25, 0.3) is 0 Å². The van der Waals surface area contributed by atoms with Gasteiger partial charge >= 0.3 is 0 Å². The summed E-state index contributed by atoms with van der Waals surface area (Å²) in [6, 6.07) is 11.8. The number of ether oxygens (including phenoxy) is 1. The number of hydrogen-bond acceptors (Lipinski definition) is 4. The van der Waals surface area contributed by atoms with E-state index in [1.54, 1.807) is 13.3 Å². The van der Waals surface area contributed by atoms with E-state index in [0.29, 0.717) is 0 Å². The Morgan fingerprint density at radius 3 is 2.42 bits per heavy atom. The normalized spacial score (nSPS) is 12.6. The Bertz CT molecular complexity index is 475. The summed E-state index contributed by atoms with van der Waals surface area (Å²) in [6.45, 7) is 0.867. The van der Waals surface area contributed by atoms with Gasteiger partial charge in [0.2, 0.25) is 0 Å². The molecule has 4 heteroatoms. The average molecular weight is 257 g/mol. The summed E-state index contributed by atoms with van der Waals surface area (Å²) in [5, 5.41) is 0.